The van der Waals surface area contributed by atoms with E-state index in [-0.39, 0.29) is 11.9 Å². The van der Waals surface area contributed by atoms with Gasteiger partial charge in [0, 0.05) is 18.9 Å². The van der Waals surface area contributed by atoms with Crippen molar-refractivity contribution in [1.82, 2.24) is 19.9 Å². The Morgan fingerprint density at radius 3 is 2.25 bits per heavy atom. The van der Waals surface area contributed by atoms with E-state index in [4.69, 9.17) is 11.5 Å². The maximum Gasteiger partial charge on any atom is 0.229 e. The largest absolute Gasteiger partial charge is 0.368 e. The van der Waals surface area contributed by atoms with Crippen LogP contribution in [0.25, 0.3) is 0 Å². The molecule has 0 radical (unpaired) electrons. The molecule has 2 rings (SSSR count). The number of hydrogen-bond acceptors (Lipinski definition) is 7. The summed E-state index contributed by atoms with van der Waals surface area (Å²) in [6.07, 6.45) is 3.43. The number of nitrogens with zero attached hydrogens (tertiary/aromatic N) is 4. The van der Waals surface area contributed by atoms with Crippen molar-refractivity contribution in [2.24, 2.45) is 0 Å². The molecule has 0 atom stereocenters. The third-order valence-electron chi connectivity index (χ3n) is 1.87. The lowest BCUT2D eigenvalue weighted by molar-refractivity contribution is 1.02. The Morgan fingerprint density at radius 1 is 1.00 bits per heavy atom. The summed E-state index contributed by atoms with van der Waals surface area (Å²) in [4.78, 5) is 15.4. The van der Waals surface area contributed by atoms with E-state index < -0.39 is 0 Å². The van der Waals surface area contributed by atoms with Crippen LogP contribution in [0.2, 0.25) is 0 Å². The summed E-state index contributed by atoms with van der Waals surface area (Å²) in [7, 11) is 0. The van der Waals surface area contributed by atoms with Crippen LogP contribution in [0.15, 0.2) is 24.5 Å². The zero-order valence-corrected chi connectivity index (χ0v) is 8.46. The molecule has 0 bridgehead atoms. The summed E-state index contributed by atoms with van der Waals surface area (Å²) in [6, 6.07) is 3.78. The molecule has 7 nitrogen and oxygen atoms in total. The van der Waals surface area contributed by atoms with Crippen LogP contribution in [0.1, 0.15) is 5.56 Å². The predicted octanol–water partition coefficient (Wildman–Crippen LogP) is 0.0431. The summed E-state index contributed by atoms with van der Waals surface area (Å²) in [6.45, 7) is 0.575. The molecule has 7 heteroatoms. The first-order valence-corrected chi connectivity index (χ1v) is 4.64. The average Bonchev–Trinajstić information content (AvgIpc) is 2.27. The Morgan fingerprint density at radius 2 is 1.62 bits per heavy atom. The molecule has 82 valence electrons. The minimum Gasteiger partial charge on any atom is -0.368 e. The minimum atomic E-state index is 0.102. The van der Waals surface area contributed by atoms with Crippen molar-refractivity contribution in [2.75, 3.05) is 16.8 Å². The van der Waals surface area contributed by atoms with Crippen LogP contribution in [0, 0.1) is 0 Å². The lowest BCUT2D eigenvalue weighted by atomic mass is 10.3. The number of nitrogens with two attached hydrogens (primary N) is 2. The van der Waals surface area contributed by atoms with Gasteiger partial charge in [-0.3, -0.25) is 4.98 Å². The molecule has 0 spiro atoms. The molecule has 0 saturated heterocycles. The molecule has 16 heavy (non-hydrogen) atoms. The van der Waals surface area contributed by atoms with Gasteiger partial charge in [-0.05, 0) is 17.7 Å². The normalized spacial score (nSPS) is 10.0. The highest BCUT2D eigenvalue weighted by Crippen LogP contribution is 2.05. The van der Waals surface area contributed by atoms with Crippen molar-refractivity contribution in [1.29, 1.82) is 0 Å². The third kappa shape index (κ3) is 2.53. The average molecular weight is 217 g/mol. The molecular formula is C9H11N7. The molecule has 2 aromatic rings. The fourth-order valence-electron chi connectivity index (χ4n) is 1.17. The van der Waals surface area contributed by atoms with Gasteiger partial charge in [0.15, 0.2) is 0 Å². The van der Waals surface area contributed by atoms with Gasteiger partial charge in [-0.25, -0.2) is 0 Å². The van der Waals surface area contributed by atoms with Crippen molar-refractivity contribution in [3.8, 4) is 0 Å². The highest BCUT2D eigenvalue weighted by molar-refractivity contribution is 5.37. The van der Waals surface area contributed by atoms with Crippen LogP contribution < -0.4 is 16.8 Å². The second-order valence-electron chi connectivity index (χ2n) is 3.08. The topological polar surface area (TPSA) is 116 Å². The number of rotatable bonds is 3. The van der Waals surface area contributed by atoms with E-state index in [9.17, 15) is 0 Å². The molecule has 0 aliphatic heterocycles. The van der Waals surface area contributed by atoms with Crippen LogP contribution in [0.5, 0.6) is 0 Å². The highest BCUT2D eigenvalue weighted by atomic mass is 15.2. The molecule has 2 heterocycles. The van der Waals surface area contributed by atoms with Crippen molar-refractivity contribution in [3.05, 3.63) is 30.1 Å². The first-order valence-electron chi connectivity index (χ1n) is 4.64. The highest BCUT2D eigenvalue weighted by Gasteiger charge is 2.00. The van der Waals surface area contributed by atoms with E-state index in [1.165, 1.54) is 0 Å². The number of nitrogen functional groups attached to an aromatic ring is 2. The Kier molecular flexibility index (Phi) is 2.77. The van der Waals surface area contributed by atoms with Crippen LogP contribution in [-0.2, 0) is 6.54 Å². The Hall–Kier alpha value is -2.44. The van der Waals surface area contributed by atoms with Crippen LogP contribution in [0.3, 0.4) is 0 Å². The van der Waals surface area contributed by atoms with Crippen LogP contribution in [0.4, 0.5) is 17.8 Å². The monoisotopic (exact) mass is 217 g/mol. The van der Waals surface area contributed by atoms with Crippen molar-refractivity contribution in [2.45, 2.75) is 6.54 Å². The number of anilines is 3. The van der Waals surface area contributed by atoms with Gasteiger partial charge < -0.3 is 16.8 Å². The zero-order chi connectivity index (χ0) is 11.4. The van der Waals surface area contributed by atoms with Gasteiger partial charge in [0.1, 0.15) is 0 Å². The molecular weight excluding hydrogens is 206 g/mol. The van der Waals surface area contributed by atoms with Gasteiger partial charge in [-0.2, -0.15) is 15.0 Å². The van der Waals surface area contributed by atoms with Crippen molar-refractivity contribution in [3.63, 3.8) is 0 Å². The van der Waals surface area contributed by atoms with Crippen molar-refractivity contribution >= 4 is 17.8 Å². The molecule has 0 saturated carbocycles. The SMILES string of the molecule is Nc1nc(N)nc(NCc2ccncc2)n1. The maximum absolute atomic E-state index is 5.44. The number of nitrogens with one attached hydrogen (secondary N) is 1. The lowest BCUT2D eigenvalue weighted by Crippen LogP contribution is -2.09. The zero-order valence-electron chi connectivity index (χ0n) is 8.46. The van der Waals surface area contributed by atoms with Crippen molar-refractivity contribution < 1.29 is 0 Å². The van der Waals surface area contributed by atoms with E-state index >= 15 is 0 Å². The fraction of sp³-hybridized carbons (Fsp3) is 0.111. The molecule has 2 aromatic heterocycles. The van der Waals surface area contributed by atoms with E-state index in [0.29, 0.717) is 12.5 Å². The van der Waals surface area contributed by atoms with Gasteiger partial charge in [0.05, 0.1) is 0 Å². The molecule has 0 fully saturated rings. The smallest absolute Gasteiger partial charge is 0.229 e. The second kappa shape index (κ2) is 4.39. The number of aromatic nitrogens is 4. The minimum absolute atomic E-state index is 0.102. The van der Waals surface area contributed by atoms with E-state index in [1.54, 1.807) is 12.4 Å². The quantitative estimate of drug-likeness (QED) is 0.664. The van der Waals surface area contributed by atoms with Gasteiger partial charge in [0.2, 0.25) is 17.8 Å². The Balaban J connectivity index is 2.05. The molecule has 0 amide bonds. The molecule has 5 N–H and O–H groups in total. The molecule has 0 unspecified atom stereocenters. The first-order chi connectivity index (χ1) is 7.74. The van der Waals surface area contributed by atoms with Crippen LogP contribution >= 0.6 is 0 Å². The summed E-state index contributed by atoms with van der Waals surface area (Å²) in [5, 5.41) is 2.99. The van der Waals surface area contributed by atoms with Gasteiger partial charge in [-0.15, -0.1) is 0 Å². The van der Waals surface area contributed by atoms with Crippen LogP contribution in [-0.4, -0.2) is 19.9 Å². The van der Waals surface area contributed by atoms with Gasteiger partial charge in [-0.1, -0.05) is 0 Å². The van der Waals surface area contributed by atoms with E-state index in [1.807, 2.05) is 12.1 Å². The number of pyridine rings is 1. The predicted molar refractivity (Wildman–Crippen MR) is 60.2 cm³/mol. The maximum atomic E-state index is 5.44. The number of hydrogen-bond donors (Lipinski definition) is 3. The van der Waals surface area contributed by atoms with Gasteiger partial charge in [0.25, 0.3) is 0 Å². The Labute approximate surface area is 92.0 Å². The standard InChI is InChI=1S/C9H11N7/c10-7-14-8(11)16-9(15-7)13-5-6-1-3-12-4-2-6/h1-4H,5H2,(H5,10,11,13,14,15,16). The summed E-state index contributed by atoms with van der Waals surface area (Å²) >= 11 is 0. The summed E-state index contributed by atoms with van der Waals surface area (Å²) in [5.41, 5.74) is 11.9. The second-order valence-corrected chi connectivity index (χ2v) is 3.08. The summed E-state index contributed by atoms with van der Waals surface area (Å²) < 4.78 is 0. The van der Waals surface area contributed by atoms with E-state index in [2.05, 4.69) is 25.3 Å². The molecule has 0 aliphatic carbocycles. The molecule has 0 aromatic carbocycles. The third-order valence-corrected chi connectivity index (χ3v) is 1.87. The van der Waals surface area contributed by atoms with Gasteiger partial charge >= 0.3 is 0 Å². The molecule has 0 aliphatic rings. The Bertz CT molecular complexity index is 450. The van der Waals surface area contributed by atoms with E-state index in [0.717, 1.165) is 5.56 Å². The first kappa shape index (κ1) is 10.1. The summed E-state index contributed by atoms with van der Waals surface area (Å²) in [5.74, 6) is 0.566. The fourth-order valence-corrected chi connectivity index (χ4v) is 1.17. The lowest BCUT2D eigenvalue weighted by Gasteiger charge is -2.05.